The first-order valence-electron chi connectivity index (χ1n) is 6.24. The number of aromatic nitrogens is 6. The van der Waals surface area contributed by atoms with Crippen molar-refractivity contribution in [1.29, 1.82) is 0 Å². The van der Waals surface area contributed by atoms with Crippen molar-refractivity contribution in [3.8, 4) is 11.5 Å². The Morgan fingerprint density at radius 1 is 1.37 bits per heavy atom. The number of hydrogen-bond donors (Lipinski definition) is 1. The lowest BCUT2D eigenvalue weighted by atomic mass is 10.4. The predicted octanol–water partition coefficient (Wildman–Crippen LogP) is 0.668. The van der Waals surface area contributed by atoms with Gasteiger partial charge in [-0.05, 0) is 13.0 Å². The highest BCUT2D eigenvalue weighted by Crippen LogP contribution is 2.22. The first-order chi connectivity index (χ1) is 9.33. The Kier molecular flexibility index (Phi) is 2.96. The van der Waals surface area contributed by atoms with E-state index >= 15 is 0 Å². The summed E-state index contributed by atoms with van der Waals surface area (Å²) in [4.78, 5) is 8.68. The minimum atomic E-state index is 0.539. The minimum absolute atomic E-state index is 0.539. The van der Waals surface area contributed by atoms with Crippen LogP contribution in [0.15, 0.2) is 24.7 Å². The van der Waals surface area contributed by atoms with Crippen LogP contribution in [0.2, 0.25) is 0 Å². The maximum absolute atomic E-state index is 5.51. The van der Waals surface area contributed by atoms with Crippen LogP contribution < -0.4 is 5.73 Å². The average Bonchev–Trinajstić information content (AvgIpc) is 3.02. The molecule has 0 saturated carbocycles. The summed E-state index contributed by atoms with van der Waals surface area (Å²) in [6.45, 7) is 4.09. The van der Waals surface area contributed by atoms with Crippen molar-refractivity contribution in [1.82, 2.24) is 29.5 Å². The number of fused-ring (bicyclic) bond motifs is 1. The van der Waals surface area contributed by atoms with Gasteiger partial charge < -0.3 is 10.3 Å². The molecule has 19 heavy (non-hydrogen) atoms. The van der Waals surface area contributed by atoms with Crippen molar-refractivity contribution in [2.24, 2.45) is 5.73 Å². The third-order valence-electron chi connectivity index (χ3n) is 2.99. The maximum Gasteiger partial charge on any atom is 0.163 e. The Morgan fingerprint density at radius 3 is 3.05 bits per heavy atom. The van der Waals surface area contributed by atoms with Gasteiger partial charge in [0.05, 0.1) is 24.5 Å². The van der Waals surface area contributed by atoms with Crippen LogP contribution in [0.4, 0.5) is 0 Å². The van der Waals surface area contributed by atoms with E-state index in [-0.39, 0.29) is 0 Å². The van der Waals surface area contributed by atoms with E-state index < -0.39 is 0 Å². The van der Waals surface area contributed by atoms with Crippen LogP contribution in [0, 0.1) is 0 Å². The first-order valence-corrected chi connectivity index (χ1v) is 6.24. The van der Waals surface area contributed by atoms with Gasteiger partial charge in [0.15, 0.2) is 5.82 Å². The van der Waals surface area contributed by atoms with Gasteiger partial charge in [0.2, 0.25) is 0 Å². The lowest BCUT2D eigenvalue weighted by Gasteiger charge is -2.02. The Bertz CT molecular complexity index is 697. The lowest BCUT2D eigenvalue weighted by molar-refractivity contribution is 0.598. The summed E-state index contributed by atoms with van der Waals surface area (Å²) < 4.78 is 3.83. The molecule has 0 aliphatic rings. The van der Waals surface area contributed by atoms with Crippen LogP contribution in [0.1, 0.15) is 6.92 Å². The van der Waals surface area contributed by atoms with Gasteiger partial charge in [-0.15, -0.1) is 5.10 Å². The molecule has 7 nitrogen and oxygen atoms in total. The second-order valence-corrected chi connectivity index (χ2v) is 4.20. The molecule has 3 heterocycles. The zero-order valence-electron chi connectivity index (χ0n) is 10.7. The molecule has 0 unspecified atom stereocenters. The van der Waals surface area contributed by atoms with E-state index in [9.17, 15) is 0 Å². The van der Waals surface area contributed by atoms with E-state index in [2.05, 4.69) is 31.8 Å². The molecule has 0 saturated heterocycles. The summed E-state index contributed by atoms with van der Waals surface area (Å²) in [6.07, 6.45) is 5.40. The fourth-order valence-corrected chi connectivity index (χ4v) is 2.14. The molecule has 98 valence electrons. The molecule has 0 aromatic carbocycles. The smallest absolute Gasteiger partial charge is 0.163 e. The SMILES string of the molecule is CCn1c(-c2cn(CCN)nn2)nc2cnccc21. The Balaban J connectivity index is 2.12. The maximum atomic E-state index is 5.51. The summed E-state index contributed by atoms with van der Waals surface area (Å²) >= 11 is 0. The summed E-state index contributed by atoms with van der Waals surface area (Å²) in [5, 5.41) is 8.21. The van der Waals surface area contributed by atoms with E-state index in [1.54, 1.807) is 17.1 Å². The van der Waals surface area contributed by atoms with E-state index in [0.717, 1.165) is 29.1 Å². The van der Waals surface area contributed by atoms with Crippen molar-refractivity contribution in [3.63, 3.8) is 0 Å². The number of rotatable bonds is 4. The number of imidazole rings is 1. The largest absolute Gasteiger partial charge is 0.329 e. The van der Waals surface area contributed by atoms with E-state index in [1.807, 2.05) is 12.3 Å². The quantitative estimate of drug-likeness (QED) is 0.742. The topological polar surface area (TPSA) is 87.4 Å². The van der Waals surface area contributed by atoms with Gasteiger partial charge in [-0.2, -0.15) is 0 Å². The fraction of sp³-hybridized carbons (Fsp3) is 0.333. The molecular weight excluding hydrogens is 242 g/mol. The molecule has 0 radical (unpaired) electrons. The number of nitrogens with two attached hydrogens (primary N) is 1. The average molecular weight is 257 g/mol. The van der Waals surface area contributed by atoms with Gasteiger partial charge in [0, 0.05) is 19.3 Å². The van der Waals surface area contributed by atoms with Gasteiger partial charge in [-0.1, -0.05) is 5.21 Å². The molecular formula is C12H15N7. The molecule has 3 rings (SSSR count). The molecule has 0 fully saturated rings. The highest BCUT2D eigenvalue weighted by molar-refractivity contribution is 5.78. The van der Waals surface area contributed by atoms with Gasteiger partial charge in [-0.25, -0.2) is 4.98 Å². The highest BCUT2D eigenvalue weighted by Gasteiger charge is 2.14. The molecule has 0 bridgehead atoms. The van der Waals surface area contributed by atoms with Gasteiger partial charge in [-0.3, -0.25) is 9.67 Å². The van der Waals surface area contributed by atoms with Crippen LogP contribution in [0.5, 0.6) is 0 Å². The number of nitrogens with zero attached hydrogens (tertiary/aromatic N) is 6. The Hall–Kier alpha value is -2.28. The third kappa shape index (κ3) is 1.97. The fourth-order valence-electron chi connectivity index (χ4n) is 2.14. The molecule has 7 heteroatoms. The van der Waals surface area contributed by atoms with Gasteiger partial charge >= 0.3 is 0 Å². The second kappa shape index (κ2) is 4.77. The first kappa shape index (κ1) is 11.8. The molecule has 2 N–H and O–H groups in total. The molecule has 0 atom stereocenters. The zero-order chi connectivity index (χ0) is 13.2. The Labute approximate surface area is 110 Å². The van der Waals surface area contributed by atoms with Crippen LogP contribution in [-0.2, 0) is 13.1 Å². The zero-order valence-corrected chi connectivity index (χ0v) is 10.7. The van der Waals surface area contributed by atoms with Crippen molar-refractivity contribution < 1.29 is 0 Å². The lowest BCUT2D eigenvalue weighted by Crippen LogP contribution is -2.10. The predicted molar refractivity (Wildman–Crippen MR) is 71.3 cm³/mol. The second-order valence-electron chi connectivity index (χ2n) is 4.20. The monoisotopic (exact) mass is 257 g/mol. The summed E-state index contributed by atoms with van der Waals surface area (Å²) in [7, 11) is 0. The van der Waals surface area contributed by atoms with E-state index in [4.69, 9.17) is 5.73 Å². The molecule has 0 aliphatic heterocycles. The molecule has 0 spiro atoms. The highest BCUT2D eigenvalue weighted by atomic mass is 15.4. The molecule has 0 amide bonds. The van der Waals surface area contributed by atoms with Crippen LogP contribution in [0.3, 0.4) is 0 Å². The normalized spacial score (nSPS) is 11.3. The number of hydrogen-bond acceptors (Lipinski definition) is 5. The van der Waals surface area contributed by atoms with Crippen LogP contribution in [-0.4, -0.2) is 36.1 Å². The summed E-state index contributed by atoms with van der Waals surface area (Å²) in [5.41, 5.74) is 8.19. The van der Waals surface area contributed by atoms with Crippen LogP contribution in [0.25, 0.3) is 22.6 Å². The number of pyridine rings is 1. The minimum Gasteiger partial charge on any atom is -0.329 e. The summed E-state index contributed by atoms with van der Waals surface area (Å²) in [6, 6.07) is 1.96. The van der Waals surface area contributed by atoms with Gasteiger partial charge in [0.25, 0.3) is 0 Å². The molecule has 3 aromatic rings. The number of aryl methyl sites for hydroxylation is 1. The van der Waals surface area contributed by atoms with Crippen molar-refractivity contribution >= 4 is 11.0 Å². The van der Waals surface area contributed by atoms with Crippen molar-refractivity contribution in [2.75, 3.05) is 6.54 Å². The van der Waals surface area contributed by atoms with Crippen LogP contribution >= 0.6 is 0 Å². The van der Waals surface area contributed by atoms with Gasteiger partial charge in [0.1, 0.15) is 11.2 Å². The third-order valence-corrected chi connectivity index (χ3v) is 2.99. The summed E-state index contributed by atoms with van der Waals surface area (Å²) in [5.74, 6) is 0.814. The van der Waals surface area contributed by atoms with Crippen molar-refractivity contribution in [2.45, 2.75) is 20.0 Å². The molecule has 3 aromatic heterocycles. The van der Waals surface area contributed by atoms with E-state index in [0.29, 0.717) is 13.1 Å². The Morgan fingerprint density at radius 2 is 2.26 bits per heavy atom. The van der Waals surface area contributed by atoms with E-state index in [1.165, 1.54) is 0 Å². The standard InChI is InChI=1S/C12H15N7/c1-2-19-11-3-5-14-7-9(11)15-12(19)10-8-18(6-4-13)17-16-10/h3,5,7-8H,2,4,6,13H2,1H3. The van der Waals surface area contributed by atoms with Crippen molar-refractivity contribution in [3.05, 3.63) is 24.7 Å². The molecule has 0 aliphatic carbocycles.